The molecule has 5 fully saturated rings. The molecule has 15 heteroatoms. The van der Waals surface area contributed by atoms with E-state index in [0.717, 1.165) is 172 Å². The van der Waals surface area contributed by atoms with Crippen LogP contribution in [0.3, 0.4) is 0 Å². The SMILES string of the molecule is CCOC(C)Oc1cc2c(cc1OC1(OC)CCCCC1)C(C)(C)CC21CC(C)(C)c2cc(OC3(OC)CCCCC3)c(OC(C)OCC3CCC(COC(C)Oc4cc5c(cc4O)C4(CC5(C)C)CC(C)(C)c5cc(OC6(OC)CCCCC6)c(OC6(OC)CCCCC6)cc54)CC3)cc21. The van der Waals surface area contributed by atoms with Gasteiger partial charge in [0.15, 0.2) is 64.9 Å². The number of hydrogen-bond donors (Lipinski definition) is 1. The molecule has 5 saturated carbocycles. The first-order valence-electron chi connectivity index (χ1n) is 39.4. The van der Waals surface area contributed by atoms with Crippen LogP contribution in [-0.4, -0.2) is 95.4 Å². The smallest absolute Gasteiger partial charge is 0.210 e. The highest BCUT2D eigenvalue weighted by Crippen LogP contribution is 2.68. The van der Waals surface area contributed by atoms with Crippen LogP contribution in [0.25, 0.3) is 0 Å². The molecule has 0 heterocycles. The minimum absolute atomic E-state index is 0.126. The van der Waals surface area contributed by atoms with E-state index in [1.807, 2.05) is 33.8 Å². The molecule has 4 aromatic carbocycles. The molecular weight excluding hydrogens is 1270 g/mol. The Hall–Kier alpha value is -5.00. The zero-order chi connectivity index (χ0) is 71.6. The first-order chi connectivity index (χ1) is 48.1. The Morgan fingerprint density at radius 3 is 0.881 bits per heavy atom. The van der Waals surface area contributed by atoms with Crippen molar-refractivity contribution in [1.82, 2.24) is 0 Å². The lowest BCUT2D eigenvalue weighted by atomic mass is 9.72. The summed E-state index contributed by atoms with van der Waals surface area (Å²) in [5.74, 6) is 2.61. The third-order valence-corrected chi connectivity index (χ3v) is 25.8. The summed E-state index contributed by atoms with van der Waals surface area (Å²) in [5, 5.41) is 12.1. The molecule has 0 amide bonds. The van der Waals surface area contributed by atoms with Gasteiger partial charge in [-0.1, -0.05) is 81.1 Å². The van der Waals surface area contributed by atoms with E-state index in [4.69, 9.17) is 66.3 Å². The van der Waals surface area contributed by atoms with E-state index < -0.39 is 42.0 Å². The predicted octanol–water partition coefficient (Wildman–Crippen LogP) is 20.2. The molecule has 0 aliphatic heterocycles. The van der Waals surface area contributed by atoms with E-state index in [1.165, 1.54) is 58.2 Å². The average Bonchev–Trinajstić information content (AvgIpc) is 1.53. The van der Waals surface area contributed by atoms with Crippen molar-refractivity contribution in [3.8, 4) is 46.0 Å². The predicted molar refractivity (Wildman–Crippen MR) is 393 cm³/mol. The van der Waals surface area contributed by atoms with E-state index in [9.17, 15) is 5.11 Å². The summed E-state index contributed by atoms with van der Waals surface area (Å²) >= 11 is 0. The van der Waals surface area contributed by atoms with E-state index in [-0.39, 0.29) is 38.2 Å². The van der Waals surface area contributed by atoms with Crippen LogP contribution < -0.4 is 33.2 Å². The Kier molecular flexibility index (Phi) is 21.1. The highest BCUT2D eigenvalue weighted by Gasteiger charge is 2.60. The van der Waals surface area contributed by atoms with E-state index in [1.54, 1.807) is 28.4 Å². The monoisotopic (exact) mass is 1400 g/mol. The van der Waals surface area contributed by atoms with Gasteiger partial charge in [-0.05, 0) is 257 Å². The van der Waals surface area contributed by atoms with Crippen LogP contribution in [0.1, 0.15) is 307 Å². The van der Waals surface area contributed by atoms with Gasteiger partial charge in [-0.15, -0.1) is 0 Å². The second-order valence-corrected chi connectivity index (χ2v) is 35.0. The Morgan fingerprint density at radius 2 is 0.584 bits per heavy atom. The molecule has 1 N–H and O–H groups in total. The number of fused-ring (bicyclic) bond motifs is 8. The molecule has 5 unspecified atom stereocenters. The molecule has 9 aliphatic carbocycles. The maximum Gasteiger partial charge on any atom is 0.210 e. The summed E-state index contributed by atoms with van der Waals surface area (Å²) in [6, 6.07) is 17.7. The minimum atomic E-state index is -0.747. The van der Waals surface area contributed by atoms with Gasteiger partial charge in [-0.25, -0.2) is 0 Å². The fourth-order valence-electron chi connectivity index (χ4n) is 20.8. The lowest BCUT2D eigenvalue weighted by molar-refractivity contribution is -0.196. The second kappa shape index (κ2) is 28.7. The lowest BCUT2D eigenvalue weighted by Gasteiger charge is -2.39. The van der Waals surface area contributed by atoms with Crippen LogP contribution in [0, 0.1) is 11.8 Å². The summed E-state index contributed by atoms with van der Waals surface area (Å²) in [5.41, 5.74) is 8.23. The Balaban J connectivity index is 0.686. The minimum Gasteiger partial charge on any atom is -0.504 e. The van der Waals surface area contributed by atoms with Crippen LogP contribution in [0.15, 0.2) is 48.5 Å². The number of phenolic OH excluding ortho intramolecular Hbond substituents is 1. The van der Waals surface area contributed by atoms with Gasteiger partial charge in [0.05, 0.1) is 13.2 Å². The summed E-state index contributed by atoms with van der Waals surface area (Å²) < 4.78 is 93.3. The molecular formula is C86H124O15. The topological polar surface area (TPSA) is 149 Å². The highest BCUT2D eigenvalue weighted by molar-refractivity contribution is 5.68. The molecule has 4 aromatic rings. The van der Waals surface area contributed by atoms with Gasteiger partial charge in [0.2, 0.25) is 23.1 Å². The van der Waals surface area contributed by atoms with Crippen molar-refractivity contribution < 1.29 is 71.4 Å². The number of aromatic hydroxyl groups is 1. The van der Waals surface area contributed by atoms with Gasteiger partial charge in [0.1, 0.15) is 0 Å². The Bertz CT molecular complexity index is 3550. The molecule has 558 valence electrons. The first-order valence-corrected chi connectivity index (χ1v) is 39.4. The van der Waals surface area contributed by atoms with Gasteiger partial charge in [0.25, 0.3) is 0 Å². The molecule has 13 rings (SSSR count). The molecule has 0 bridgehead atoms. The third-order valence-electron chi connectivity index (χ3n) is 25.8. The summed E-state index contributed by atoms with van der Waals surface area (Å²) in [6.45, 7) is 28.5. The van der Waals surface area contributed by atoms with Gasteiger partial charge in [-0.2, -0.15) is 0 Å². The zero-order valence-electron chi connectivity index (χ0n) is 64.6. The van der Waals surface area contributed by atoms with Crippen LogP contribution in [0.5, 0.6) is 46.0 Å². The molecule has 15 nitrogen and oxygen atoms in total. The summed E-state index contributed by atoms with van der Waals surface area (Å²) in [6.07, 6.45) is 25.7. The van der Waals surface area contributed by atoms with Crippen LogP contribution in [-0.2, 0) is 65.6 Å². The van der Waals surface area contributed by atoms with Gasteiger partial charge >= 0.3 is 0 Å². The fraction of sp³-hybridized carbons (Fsp3) is 0.721. The van der Waals surface area contributed by atoms with E-state index in [2.05, 4.69) is 97.9 Å². The average molecular weight is 1400 g/mol. The standard InChI is InChI=1S/C86H124O15/c1-17-92-56(2)96-71-47-66-62(44-73(71)98-83(88-13)34-22-18-23-35-83)79(9,10)54-82(66)55-80(11,12)63-45-74(99-84(89-14)36-24-19-25-37-84)72(48-67(63)82)97-58(4)94-51-60-32-30-59(31-33-60)50-93-57(3)95-70-43-61-65(42-69(70)87)81(52-77(61,5)6)53-78(7,8)64-46-75(100-85(90-15)38-26-20-27-39-85)76(49-68(64)81)101-86(91-16)40-28-21-29-41-86/h42-49,56-60,87H,17-41,50-55H2,1-16H3. The maximum atomic E-state index is 12.1. The van der Waals surface area contributed by atoms with Gasteiger partial charge in [0, 0.05) is 97.2 Å². The summed E-state index contributed by atoms with van der Waals surface area (Å²) in [7, 11) is 7.13. The molecule has 2 spiro atoms. The lowest BCUT2D eigenvalue weighted by Crippen LogP contribution is -2.42. The largest absolute Gasteiger partial charge is 0.504 e. The first kappa shape index (κ1) is 74.3. The second-order valence-electron chi connectivity index (χ2n) is 35.0. The van der Waals surface area contributed by atoms with Crippen LogP contribution in [0.4, 0.5) is 0 Å². The Labute approximate surface area is 605 Å². The number of hydrogen-bond acceptors (Lipinski definition) is 15. The maximum absolute atomic E-state index is 12.1. The molecule has 9 aliphatic rings. The van der Waals surface area contributed by atoms with Crippen molar-refractivity contribution in [1.29, 1.82) is 0 Å². The van der Waals surface area contributed by atoms with E-state index >= 15 is 0 Å². The number of phenols is 1. The van der Waals surface area contributed by atoms with Crippen LogP contribution in [0.2, 0.25) is 0 Å². The van der Waals surface area contributed by atoms with Crippen LogP contribution >= 0.6 is 0 Å². The van der Waals surface area contributed by atoms with Gasteiger partial charge < -0.3 is 71.4 Å². The number of ether oxygens (including phenoxy) is 14. The molecule has 0 radical (unpaired) electrons. The van der Waals surface area contributed by atoms with E-state index in [0.29, 0.717) is 66.2 Å². The highest BCUT2D eigenvalue weighted by atomic mass is 16.7. The number of methoxy groups -OCH3 is 4. The number of rotatable bonds is 26. The Morgan fingerprint density at radius 1 is 0.337 bits per heavy atom. The zero-order valence-corrected chi connectivity index (χ0v) is 64.6. The third kappa shape index (κ3) is 14.5. The molecule has 101 heavy (non-hydrogen) atoms. The van der Waals surface area contributed by atoms with Crippen molar-refractivity contribution >= 4 is 0 Å². The quantitative estimate of drug-likeness (QED) is 0.0594. The van der Waals surface area contributed by atoms with Crippen molar-refractivity contribution in [3.63, 3.8) is 0 Å². The molecule has 0 aromatic heterocycles. The normalized spacial score (nSPS) is 27.5. The van der Waals surface area contributed by atoms with Crippen molar-refractivity contribution in [2.45, 2.75) is 337 Å². The summed E-state index contributed by atoms with van der Waals surface area (Å²) in [4.78, 5) is 0. The number of benzene rings is 4. The van der Waals surface area contributed by atoms with Crippen molar-refractivity contribution in [2.75, 3.05) is 48.3 Å². The van der Waals surface area contributed by atoms with Gasteiger partial charge in [-0.3, -0.25) is 0 Å². The molecule has 0 saturated heterocycles. The fourth-order valence-corrected chi connectivity index (χ4v) is 20.8. The molecule has 5 atom stereocenters. The van der Waals surface area contributed by atoms with Crippen molar-refractivity contribution in [2.24, 2.45) is 11.8 Å². The van der Waals surface area contributed by atoms with Crippen molar-refractivity contribution in [3.05, 3.63) is 93.0 Å².